The first-order chi connectivity index (χ1) is 6.70. The van der Waals surface area contributed by atoms with Crippen molar-refractivity contribution in [3.63, 3.8) is 0 Å². The first-order valence-electron chi connectivity index (χ1n) is 5.10. The number of fused-ring (bicyclic) bond motifs is 1. The molecule has 0 spiro atoms. The molecule has 2 saturated heterocycles. The molecule has 2 heterocycles. The molecule has 3 unspecified atom stereocenters. The molecular formula is C10H17NO3. The van der Waals surface area contributed by atoms with Crippen LogP contribution in [0.5, 0.6) is 0 Å². The van der Waals surface area contributed by atoms with Gasteiger partial charge in [0.05, 0.1) is 6.61 Å². The van der Waals surface area contributed by atoms with Gasteiger partial charge in [0.2, 0.25) is 5.91 Å². The minimum absolute atomic E-state index is 0.0665. The molecule has 80 valence electrons. The van der Waals surface area contributed by atoms with Gasteiger partial charge in [0, 0.05) is 39.5 Å². The van der Waals surface area contributed by atoms with Crippen LogP contribution in [0.3, 0.4) is 0 Å². The number of ether oxygens (including phenoxy) is 2. The molecule has 2 aliphatic rings. The smallest absolute Gasteiger partial charge is 0.219 e. The summed E-state index contributed by atoms with van der Waals surface area (Å²) in [6, 6.07) is 0. The van der Waals surface area contributed by atoms with Gasteiger partial charge in [-0.2, -0.15) is 0 Å². The second kappa shape index (κ2) is 3.87. The molecule has 2 rings (SSSR count). The topological polar surface area (TPSA) is 38.8 Å². The van der Waals surface area contributed by atoms with E-state index in [9.17, 15) is 4.79 Å². The van der Waals surface area contributed by atoms with E-state index in [4.69, 9.17) is 9.47 Å². The third-order valence-corrected chi connectivity index (χ3v) is 3.28. The summed E-state index contributed by atoms with van der Waals surface area (Å²) in [5.41, 5.74) is 0. The number of amides is 1. The van der Waals surface area contributed by atoms with Crippen LogP contribution in [0.15, 0.2) is 0 Å². The Kier molecular flexibility index (Phi) is 2.74. The summed E-state index contributed by atoms with van der Waals surface area (Å²) in [6.45, 7) is 4.10. The lowest BCUT2D eigenvalue weighted by molar-refractivity contribution is -0.169. The van der Waals surface area contributed by atoms with Crippen LogP contribution >= 0.6 is 0 Å². The number of carbonyl (C=O) groups is 1. The summed E-state index contributed by atoms with van der Waals surface area (Å²) >= 11 is 0. The van der Waals surface area contributed by atoms with Gasteiger partial charge >= 0.3 is 0 Å². The summed E-state index contributed by atoms with van der Waals surface area (Å²) in [6.07, 6.45) is 0.855. The van der Waals surface area contributed by atoms with Gasteiger partial charge in [-0.15, -0.1) is 0 Å². The van der Waals surface area contributed by atoms with Crippen molar-refractivity contribution in [1.82, 2.24) is 4.90 Å². The van der Waals surface area contributed by atoms with Crippen molar-refractivity contribution in [2.24, 2.45) is 11.8 Å². The highest BCUT2D eigenvalue weighted by Gasteiger charge is 2.39. The van der Waals surface area contributed by atoms with Gasteiger partial charge in [0.1, 0.15) is 0 Å². The highest BCUT2D eigenvalue weighted by Crippen LogP contribution is 2.32. The lowest BCUT2D eigenvalue weighted by Crippen LogP contribution is -2.33. The number of likely N-dealkylation sites (tertiary alicyclic amines) is 1. The average Bonchev–Trinajstić information content (AvgIpc) is 2.59. The Morgan fingerprint density at radius 2 is 2.14 bits per heavy atom. The van der Waals surface area contributed by atoms with Crippen LogP contribution in [0.25, 0.3) is 0 Å². The molecule has 14 heavy (non-hydrogen) atoms. The first-order valence-corrected chi connectivity index (χ1v) is 5.10. The van der Waals surface area contributed by atoms with Crippen molar-refractivity contribution in [3.05, 3.63) is 0 Å². The van der Waals surface area contributed by atoms with Crippen molar-refractivity contribution < 1.29 is 14.3 Å². The molecule has 1 amide bonds. The van der Waals surface area contributed by atoms with E-state index in [0.29, 0.717) is 11.8 Å². The molecule has 0 saturated carbocycles. The maximum atomic E-state index is 11.2. The highest BCUT2D eigenvalue weighted by atomic mass is 16.7. The average molecular weight is 199 g/mol. The van der Waals surface area contributed by atoms with E-state index >= 15 is 0 Å². The molecule has 4 heteroatoms. The predicted molar refractivity (Wildman–Crippen MR) is 50.6 cm³/mol. The zero-order valence-corrected chi connectivity index (χ0v) is 8.73. The zero-order chi connectivity index (χ0) is 10.1. The lowest BCUT2D eigenvalue weighted by atomic mass is 9.91. The summed E-state index contributed by atoms with van der Waals surface area (Å²) in [7, 11) is 1.67. The molecule has 0 radical (unpaired) electrons. The van der Waals surface area contributed by atoms with Crippen LogP contribution in [0.2, 0.25) is 0 Å². The fourth-order valence-corrected chi connectivity index (χ4v) is 2.36. The maximum absolute atomic E-state index is 11.2. The van der Waals surface area contributed by atoms with E-state index in [1.54, 1.807) is 14.0 Å². The monoisotopic (exact) mass is 199 g/mol. The molecule has 0 N–H and O–H groups in total. The number of nitrogens with zero attached hydrogens (tertiary/aromatic N) is 1. The van der Waals surface area contributed by atoms with Crippen molar-refractivity contribution in [2.45, 2.75) is 19.6 Å². The number of hydrogen-bond acceptors (Lipinski definition) is 3. The summed E-state index contributed by atoms with van der Waals surface area (Å²) in [4.78, 5) is 13.1. The largest absolute Gasteiger partial charge is 0.356 e. The van der Waals surface area contributed by atoms with Gasteiger partial charge in [-0.1, -0.05) is 0 Å². The van der Waals surface area contributed by atoms with Crippen molar-refractivity contribution in [1.29, 1.82) is 0 Å². The minimum Gasteiger partial charge on any atom is -0.356 e. The second-order valence-electron chi connectivity index (χ2n) is 4.18. The number of carbonyl (C=O) groups excluding carboxylic acids is 1. The maximum Gasteiger partial charge on any atom is 0.219 e. The summed E-state index contributed by atoms with van der Waals surface area (Å²) in [5.74, 6) is 1.26. The predicted octanol–water partition coefficient (Wildman–Crippen LogP) is 0.474. The van der Waals surface area contributed by atoms with Gasteiger partial charge in [-0.05, 0) is 5.92 Å². The normalized spacial score (nSPS) is 37.0. The third-order valence-electron chi connectivity index (χ3n) is 3.28. The molecule has 0 bridgehead atoms. The van der Waals surface area contributed by atoms with Gasteiger partial charge < -0.3 is 14.4 Å². The fourth-order valence-electron chi connectivity index (χ4n) is 2.36. The molecule has 0 aliphatic carbocycles. The lowest BCUT2D eigenvalue weighted by Gasteiger charge is -2.29. The Morgan fingerprint density at radius 3 is 2.79 bits per heavy atom. The van der Waals surface area contributed by atoms with Crippen molar-refractivity contribution >= 4 is 5.91 Å². The van der Waals surface area contributed by atoms with Gasteiger partial charge in [0.25, 0.3) is 0 Å². The molecule has 0 aromatic heterocycles. The molecular weight excluding hydrogens is 182 g/mol. The Hall–Kier alpha value is -0.610. The minimum atomic E-state index is -0.0665. The Balaban J connectivity index is 1.95. The third kappa shape index (κ3) is 1.77. The van der Waals surface area contributed by atoms with E-state index < -0.39 is 0 Å². The molecule has 2 fully saturated rings. The van der Waals surface area contributed by atoms with Crippen LogP contribution in [-0.2, 0) is 14.3 Å². The Bertz CT molecular complexity index is 231. The van der Waals surface area contributed by atoms with Gasteiger partial charge in [-0.25, -0.2) is 0 Å². The first kappa shape index (κ1) is 9.93. The molecule has 2 aliphatic heterocycles. The molecule has 3 atom stereocenters. The number of methoxy groups -OCH3 is 1. The summed E-state index contributed by atoms with van der Waals surface area (Å²) in [5, 5.41) is 0. The van der Waals surface area contributed by atoms with E-state index in [1.807, 2.05) is 4.90 Å². The van der Waals surface area contributed by atoms with Crippen molar-refractivity contribution in [3.8, 4) is 0 Å². The number of hydrogen-bond donors (Lipinski definition) is 0. The molecule has 0 aromatic carbocycles. The Morgan fingerprint density at radius 1 is 1.43 bits per heavy atom. The van der Waals surface area contributed by atoms with Gasteiger partial charge in [0.15, 0.2) is 6.29 Å². The SMILES string of the molecule is COC1CC2CN(C(C)=O)CC2CO1. The van der Waals surface area contributed by atoms with Crippen LogP contribution < -0.4 is 0 Å². The molecule has 4 nitrogen and oxygen atoms in total. The summed E-state index contributed by atoms with van der Waals surface area (Å²) < 4.78 is 10.7. The van der Waals surface area contributed by atoms with E-state index in [2.05, 4.69) is 0 Å². The van der Waals surface area contributed by atoms with E-state index in [-0.39, 0.29) is 12.2 Å². The number of rotatable bonds is 1. The quantitative estimate of drug-likeness (QED) is 0.616. The highest BCUT2D eigenvalue weighted by molar-refractivity contribution is 5.73. The van der Waals surface area contributed by atoms with Crippen molar-refractivity contribution in [2.75, 3.05) is 26.8 Å². The van der Waals surface area contributed by atoms with Crippen LogP contribution in [-0.4, -0.2) is 43.9 Å². The fraction of sp³-hybridized carbons (Fsp3) is 0.900. The van der Waals surface area contributed by atoms with Crippen LogP contribution in [0.4, 0.5) is 0 Å². The van der Waals surface area contributed by atoms with Crippen LogP contribution in [0.1, 0.15) is 13.3 Å². The molecule has 0 aromatic rings. The van der Waals surface area contributed by atoms with E-state index in [0.717, 1.165) is 26.1 Å². The Labute approximate surface area is 84.2 Å². The zero-order valence-electron chi connectivity index (χ0n) is 8.73. The second-order valence-corrected chi connectivity index (χ2v) is 4.18. The van der Waals surface area contributed by atoms with E-state index in [1.165, 1.54) is 0 Å². The van der Waals surface area contributed by atoms with Crippen LogP contribution in [0, 0.1) is 11.8 Å². The van der Waals surface area contributed by atoms with Gasteiger partial charge in [-0.3, -0.25) is 4.79 Å². The standard InChI is InChI=1S/C10H17NO3/c1-7(12)11-4-8-3-10(13-2)14-6-9(8)5-11/h8-10H,3-6H2,1-2H3.